The van der Waals surface area contributed by atoms with E-state index in [1.165, 1.54) is 19.4 Å². The van der Waals surface area contributed by atoms with Crippen LogP contribution >= 0.6 is 0 Å². The third kappa shape index (κ3) is 5.05. The van der Waals surface area contributed by atoms with Gasteiger partial charge in [0.2, 0.25) is 0 Å². The van der Waals surface area contributed by atoms with Crippen LogP contribution in [0.1, 0.15) is 43.0 Å². The number of nitrogens with zero attached hydrogens (tertiary/aromatic N) is 1. The summed E-state index contributed by atoms with van der Waals surface area (Å²) >= 11 is 0. The van der Waals surface area contributed by atoms with E-state index in [9.17, 15) is 4.79 Å². The fourth-order valence-electron chi connectivity index (χ4n) is 2.71. The molecule has 2 N–H and O–H groups in total. The molecule has 1 aromatic carbocycles. The number of hydrogen-bond donors (Lipinski definition) is 2. The summed E-state index contributed by atoms with van der Waals surface area (Å²) in [5, 5.41) is 6.51. The Balaban J connectivity index is 1.95. The number of benzene rings is 1. The van der Waals surface area contributed by atoms with Crippen molar-refractivity contribution >= 4 is 11.6 Å². The van der Waals surface area contributed by atoms with Gasteiger partial charge in [0, 0.05) is 23.8 Å². The fraction of sp³-hybridized carbons (Fsp3) is 0.588. The Kier molecular flexibility index (Phi) is 6.05. The highest BCUT2D eigenvalue weighted by Gasteiger charge is 2.15. The largest absolute Gasteiger partial charge is 0.382 e. The SMILES string of the molecule is CCCNC(=O)c1cccc(NC2CCCN(C)CC2)c1. The van der Waals surface area contributed by atoms with Crippen molar-refractivity contribution in [3.8, 4) is 0 Å². The molecule has 0 aliphatic carbocycles. The third-order valence-corrected chi connectivity index (χ3v) is 3.98. The quantitative estimate of drug-likeness (QED) is 0.876. The first-order valence-corrected chi connectivity index (χ1v) is 8.02. The van der Waals surface area contributed by atoms with Gasteiger partial charge in [0.25, 0.3) is 5.91 Å². The molecule has 1 fully saturated rings. The molecule has 1 aliphatic rings. The lowest BCUT2D eigenvalue weighted by Crippen LogP contribution is -2.25. The van der Waals surface area contributed by atoms with Crippen molar-refractivity contribution in [2.24, 2.45) is 0 Å². The topological polar surface area (TPSA) is 44.4 Å². The second kappa shape index (κ2) is 8.03. The van der Waals surface area contributed by atoms with Crippen LogP contribution in [0.3, 0.4) is 0 Å². The molecule has 1 saturated heterocycles. The van der Waals surface area contributed by atoms with E-state index in [0.29, 0.717) is 6.04 Å². The van der Waals surface area contributed by atoms with Gasteiger partial charge >= 0.3 is 0 Å². The molecule has 1 aromatic rings. The molecule has 2 rings (SSSR count). The molecule has 1 unspecified atom stereocenters. The van der Waals surface area contributed by atoms with Crippen LogP contribution in [0.5, 0.6) is 0 Å². The smallest absolute Gasteiger partial charge is 0.251 e. The monoisotopic (exact) mass is 289 g/mol. The third-order valence-electron chi connectivity index (χ3n) is 3.98. The van der Waals surface area contributed by atoms with Gasteiger partial charge in [-0.05, 0) is 64.0 Å². The molecule has 4 nitrogen and oxygen atoms in total. The molecule has 0 spiro atoms. The second-order valence-electron chi connectivity index (χ2n) is 5.91. The van der Waals surface area contributed by atoms with Gasteiger partial charge < -0.3 is 15.5 Å². The van der Waals surface area contributed by atoms with Crippen molar-refractivity contribution in [3.63, 3.8) is 0 Å². The Morgan fingerprint density at radius 3 is 3.00 bits per heavy atom. The van der Waals surface area contributed by atoms with E-state index in [0.717, 1.165) is 37.2 Å². The zero-order chi connectivity index (χ0) is 15.1. The van der Waals surface area contributed by atoms with E-state index >= 15 is 0 Å². The maximum atomic E-state index is 12.0. The first kappa shape index (κ1) is 15.8. The van der Waals surface area contributed by atoms with Crippen molar-refractivity contribution in [2.75, 3.05) is 32.0 Å². The molecular weight excluding hydrogens is 262 g/mol. The van der Waals surface area contributed by atoms with Gasteiger partial charge in [0.05, 0.1) is 0 Å². The molecule has 0 radical (unpaired) electrons. The Bertz CT molecular complexity index is 461. The first-order chi connectivity index (χ1) is 10.2. The van der Waals surface area contributed by atoms with Crippen LogP contribution in [0.15, 0.2) is 24.3 Å². The van der Waals surface area contributed by atoms with Crippen LogP contribution in [-0.2, 0) is 0 Å². The zero-order valence-corrected chi connectivity index (χ0v) is 13.2. The highest BCUT2D eigenvalue weighted by Crippen LogP contribution is 2.17. The molecule has 4 heteroatoms. The van der Waals surface area contributed by atoms with Crippen LogP contribution < -0.4 is 10.6 Å². The minimum absolute atomic E-state index is 0.0149. The number of hydrogen-bond acceptors (Lipinski definition) is 3. The number of rotatable bonds is 5. The predicted molar refractivity (Wildman–Crippen MR) is 87.8 cm³/mol. The number of amides is 1. The predicted octanol–water partition coefficient (Wildman–Crippen LogP) is 2.72. The summed E-state index contributed by atoms with van der Waals surface area (Å²) in [4.78, 5) is 14.4. The van der Waals surface area contributed by atoms with Crippen LogP contribution in [0, 0.1) is 0 Å². The van der Waals surface area contributed by atoms with Crippen LogP contribution in [-0.4, -0.2) is 43.5 Å². The molecule has 21 heavy (non-hydrogen) atoms. The minimum Gasteiger partial charge on any atom is -0.382 e. The Morgan fingerprint density at radius 2 is 2.19 bits per heavy atom. The molecule has 1 amide bonds. The molecule has 0 aromatic heterocycles. The lowest BCUT2D eigenvalue weighted by molar-refractivity contribution is 0.0953. The summed E-state index contributed by atoms with van der Waals surface area (Å²) in [7, 11) is 2.18. The molecule has 116 valence electrons. The van der Waals surface area contributed by atoms with Gasteiger partial charge in [0.1, 0.15) is 0 Å². The van der Waals surface area contributed by atoms with Gasteiger partial charge in [0.15, 0.2) is 0 Å². The highest BCUT2D eigenvalue weighted by atomic mass is 16.1. The standard InChI is InChI=1S/C17H27N3O/c1-3-10-18-17(21)14-6-4-7-16(13-14)19-15-8-5-11-20(2)12-9-15/h4,6-7,13,15,19H,3,5,8-12H2,1-2H3,(H,18,21). The number of carbonyl (C=O) groups excluding carboxylic acids is 1. The molecule has 1 aliphatic heterocycles. The van der Waals surface area contributed by atoms with Gasteiger partial charge in [-0.15, -0.1) is 0 Å². The maximum absolute atomic E-state index is 12.0. The summed E-state index contributed by atoms with van der Waals surface area (Å²) in [5.41, 5.74) is 1.79. The van der Waals surface area contributed by atoms with E-state index < -0.39 is 0 Å². The van der Waals surface area contributed by atoms with Gasteiger partial charge in [-0.1, -0.05) is 13.0 Å². The maximum Gasteiger partial charge on any atom is 0.251 e. The lowest BCUT2D eigenvalue weighted by atomic mass is 10.1. The number of nitrogens with one attached hydrogen (secondary N) is 2. The van der Waals surface area contributed by atoms with Crippen LogP contribution in [0.25, 0.3) is 0 Å². The normalized spacial score (nSPS) is 19.8. The Hall–Kier alpha value is -1.55. The van der Waals surface area contributed by atoms with Crippen LogP contribution in [0.2, 0.25) is 0 Å². The van der Waals surface area contributed by atoms with Crippen molar-refractivity contribution in [2.45, 2.75) is 38.6 Å². The summed E-state index contributed by atoms with van der Waals surface area (Å²) < 4.78 is 0. The Morgan fingerprint density at radius 1 is 1.33 bits per heavy atom. The summed E-state index contributed by atoms with van der Waals surface area (Å²) in [6.45, 7) is 5.10. The van der Waals surface area contributed by atoms with Crippen LogP contribution in [0.4, 0.5) is 5.69 Å². The number of carbonyl (C=O) groups is 1. The molecule has 1 atom stereocenters. The fourth-order valence-corrected chi connectivity index (χ4v) is 2.71. The second-order valence-corrected chi connectivity index (χ2v) is 5.91. The van der Waals surface area contributed by atoms with E-state index in [1.54, 1.807) is 0 Å². The zero-order valence-electron chi connectivity index (χ0n) is 13.2. The first-order valence-electron chi connectivity index (χ1n) is 8.02. The Labute approximate surface area is 127 Å². The van der Waals surface area contributed by atoms with E-state index in [4.69, 9.17) is 0 Å². The van der Waals surface area contributed by atoms with E-state index in [1.807, 2.05) is 24.3 Å². The van der Waals surface area contributed by atoms with Crippen molar-refractivity contribution < 1.29 is 4.79 Å². The molecule has 1 heterocycles. The molecular formula is C17H27N3O. The highest BCUT2D eigenvalue weighted by molar-refractivity contribution is 5.95. The van der Waals surface area contributed by atoms with Gasteiger partial charge in [-0.2, -0.15) is 0 Å². The van der Waals surface area contributed by atoms with E-state index in [2.05, 4.69) is 29.5 Å². The van der Waals surface area contributed by atoms with Gasteiger partial charge in [-0.3, -0.25) is 4.79 Å². The number of anilines is 1. The van der Waals surface area contributed by atoms with Crippen molar-refractivity contribution in [1.82, 2.24) is 10.2 Å². The molecule has 0 bridgehead atoms. The minimum atomic E-state index is 0.0149. The lowest BCUT2D eigenvalue weighted by Gasteiger charge is -2.18. The summed E-state index contributed by atoms with van der Waals surface area (Å²) in [5.74, 6) is 0.0149. The van der Waals surface area contributed by atoms with E-state index in [-0.39, 0.29) is 5.91 Å². The summed E-state index contributed by atoms with van der Waals surface area (Å²) in [6.07, 6.45) is 4.53. The van der Waals surface area contributed by atoms with Crippen molar-refractivity contribution in [1.29, 1.82) is 0 Å². The summed E-state index contributed by atoms with van der Waals surface area (Å²) in [6, 6.07) is 8.33. The average Bonchev–Trinajstić information content (AvgIpc) is 2.70. The molecule has 0 saturated carbocycles. The van der Waals surface area contributed by atoms with Crippen molar-refractivity contribution in [3.05, 3.63) is 29.8 Å². The van der Waals surface area contributed by atoms with Gasteiger partial charge in [-0.25, -0.2) is 0 Å². The average molecular weight is 289 g/mol. The number of likely N-dealkylation sites (tertiary alicyclic amines) is 1.